The van der Waals surface area contributed by atoms with E-state index in [0.717, 1.165) is 50.3 Å². The summed E-state index contributed by atoms with van der Waals surface area (Å²) in [4.78, 5) is 22.1. The van der Waals surface area contributed by atoms with E-state index in [0.29, 0.717) is 18.2 Å². The Bertz CT molecular complexity index is 642. The minimum absolute atomic E-state index is 0.305. The average Bonchev–Trinajstić information content (AvgIpc) is 3.04. The summed E-state index contributed by atoms with van der Waals surface area (Å²) in [7, 11) is 0. The van der Waals surface area contributed by atoms with Gasteiger partial charge in [-0.3, -0.25) is 4.79 Å². The third kappa shape index (κ3) is 4.70. The van der Waals surface area contributed by atoms with Gasteiger partial charge < -0.3 is 9.88 Å². The largest absolute Gasteiger partial charge is 0.346 e. The molecule has 0 aliphatic carbocycles. The third-order valence-electron chi connectivity index (χ3n) is 4.98. The molecule has 1 aromatic carbocycles. The van der Waals surface area contributed by atoms with Crippen molar-refractivity contribution < 1.29 is 4.79 Å². The number of amides is 1. The van der Waals surface area contributed by atoms with Crippen LogP contribution in [-0.2, 0) is 17.6 Å². The fraction of sp³-hybridized carbons (Fsp3) is 0.500. The first-order chi connectivity index (χ1) is 11.7. The van der Waals surface area contributed by atoms with Gasteiger partial charge in [-0.2, -0.15) is 0 Å². The first-order valence-corrected chi connectivity index (χ1v) is 9.03. The molecule has 1 N–H and O–H groups in total. The molecular formula is C20H27N3O. The summed E-state index contributed by atoms with van der Waals surface area (Å²) in [6.07, 6.45) is 7.79. The Balaban J connectivity index is 1.37. The van der Waals surface area contributed by atoms with Crippen LogP contribution in [0.1, 0.15) is 42.8 Å². The number of hydrogen-bond acceptors (Lipinski definition) is 2. The minimum Gasteiger partial charge on any atom is -0.346 e. The van der Waals surface area contributed by atoms with Gasteiger partial charge in [0.2, 0.25) is 5.91 Å². The standard InChI is InChI=1S/C20H27N3O/c1-16-15-21-19(22-16)9-7-18-11-13-23(14-12-18)20(24)10-8-17-5-3-2-4-6-17/h2-6,15,18H,7-14H2,1H3,(H,21,22). The molecule has 1 aliphatic heterocycles. The van der Waals surface area contributed by atoms with Crippen LogP contribution in [0.25, 0.3) is 0 Å². The van der Waals surface area contributed by atoms with E-state index in [1.807, 2.05) is 31.3 Å². The second-order valence-electron chi connectivity index (χ2n) is 6.86. The van der Waals surface area contributed by atoms with Crippen LogP contribution in [0.15, 0.2) is 36.5 Å². The number of imidazole rings is 1. The Morgan fingerprint density at radius 2 is 1.96 bits per heavy atom. The van der Waals surface area contributed by atoms with E-state index in [-0.39, 0.29) is 0 Å². The molecule has 1 saturated heterocycles. The predicted octanol–water partition coefficient (Wildman–Crippen LogP) is 3.52. The number of nitrogens with zero attached hydrogens (tertiary/aromatic N) is 2. The topological polar surface area (TPSA) is 49.0 Å². The fourth-order valence-corrected chi connectivity index (χ4v) is 3.46. The number of hydrogen-bond donors (Lipinski definition) is 1. The summed E-state index contributed by atoms with van der Waals surface area (Å²) in [5, 5.41) is 0. The maximum absolute atomic E-state index is 12.4. The number of piperidine rings is 1. The van der Waals surface area contributed by atoms with Gasteiger partial charge in [0.25, 0.3) is 0 Å². The molecule has 0 atom stereocenters. The highest BCUT2D eigenvalue weighted by Gasteiger charge is 2.22. The van der Waals surface area contributed by atoms with Crippen molar-refractivity contribution in [3.63, 3.8) is 0 Å². The highest BCUT2D eigenvalue weighted by Crippen LogP contribution is 2.22. The van der Waals surface area contributed by atoms with E-state index in [1.54, 1.807) is 0 Å². The number of aryl methyl sites for hydroxylation is 3. The van der Waals surface area contributed by atoms with Crippen LogP contribution >= 0.6 is 0 Å². The van der Waals surface area contributed by atoms with Crippen molar-refractivity contribution in [1.29, 1.82) is 0 Å². The zero-order valence-corrected chi connectivity index (χ0v) is 14.5. The van der Waals surface area contributed by atoms with Crippen molar-refractivity contribution in [2.24, 2.45) is 5.92 Å². The molecule has 128 valence electrons. The summed E-state index contributed by atoms with van der Waals surface area (Å²) in [5.41, 5.74) is 2.37. The van der Waals surface area contributed by atoms with Gasteiger partial charge in [-0.1, -0.05) is 30.3 Å². The van der Waals surface area contributed by atoms with Gasteiger partial charge in [0, 0.05) is 37.8 Å². The summed E-state index contributed by atoms with van der Waals surface area (Å²) in [6.45, 7) is 3.86. The lowest BCUT2D eigenvalue weighted by molar-refractivity contribution is -0.132. The Morgan fingerprint density at radius 3 is 2.62 bits per heavy atom. The number of rotatable bonds is 6. The van der Waals surface area contributed by atoms with Gasteiger partial charge in [-0.25, -0.2) is 4.98 Å². The number of carbonyl (C=O) groups is 1. The molecule has 2 aromatic rings. The maximum atomic E-state index is 12.4. The second-order valence-corrected chi connectivity index (χ2v) is 6.86. The molecule has 3 rings (SSSR count). The smallest absolute Gasteiger partial charge is 0.222 e. The maximum Gasteiger partial charge on any atom is 0.222 e. The second kappa shape index (κ2) is 8.13. The quantitative estimate of drug-likeness (QED) is 0.883. The molecule has 1 aromatic heterocycles. The average molecular weight is 325 g/mol. The lowest BCUT2D eigenvalue weighted by Crippen LogP contribution is -2.38. The van der Waals surface area contributed by atoms with E-state index in [1.165, 1.54) is 12.0 Å². The number of aromatic amines is 1. The summed E-state index contributed by atoms with van der Waals surface area (Å²) in [5.74, 6) is 2.11. The summed E-state index contributed by atoms with van der Waals surface area (Å²) >= 11 is 0. The fourth-order valence-electron chi connectivity index (χ4n) is 3.46. The summed E-state index contributed by atoms with van der Waals surface area (Å²) < 4.78 is 0. The summed E-state index contributed by atoms with van der Waals surface area (Å²) in [6, 6.07) is 10.3. The molecule has 4 nitrogen and oxygen atoms in total. The van der Waals surface area contributed by atoms with E-state index in [2.05, 4.69) is 27.0 Å². The van der Waals surface area contributed by atoms with Crippen LogP contribution in [0.5, 0.6) is 0 Å². The van der Waals surface area contributed by atoms with E-state index < -0.39 is 0 Å². The third-order valence-corrected chi connectivity index (χ3v) is 4.98. The lowest BCUT2D eigenvalue weighted by atomic mass is 9.92. The number of H-pyrrole nitrogens is 1. The molecule has 0 radical (unpaired) electrons. The molecule has 24 heavy (non-hydrogen) atoms. The number of likely N-dealkylation sites (tertiary alicyclic amines) is 1. The Morgan fingerprint density at radius 1 is 1.21 bits per heavy atom. The van der Waals surface area contributed by atoms with Crippen molar-refractivity contribution in [3.05, 3.63) is 53.6 Å². The molecule has 2 heterocycles. The molecule has 0 bridgehead atoms. The molecule has 4 heteroatoms. The Labute approximate surface area is 144 Å². The first kappa shape index (κ1) is 16.7. The monoisotopic (exact) mass is 325 g/mol. The molecule has 1 amide bonds. The van der Waals surface area contributed by atoms with E-state index in [9.17, 15) is 4.79 Å². The lowest BCUT2D eigenvalue weighted by Gasteiger charge is -2.32. The van der Waals surface area contributed by atoms with Gasteiger partial charge in [-0.05, 0) is 44.1 Å². The van der Waals surface area contributed by atoms with E-state index >= 15 is 0 Å². The van der Waals surface area contributed by atoms with Crippen molar-refractivity contribution in [2.45, 2.75) is 45.4 Å². The van der Waals surface area contributed by atoms with Gasteiger partial charge in [0.1, 0.15) is 5.82 Å². The van der Waals surface area contributed by atoms with Crippen LogP contribution in [0.4, 0.5) is 0 Å². The molecule has 0 saturated carbocycles. The van der Waals surface area contributed by atoms with Crippen LogP contribution in [0.3, 0.4) is 0 Å². The Kier molecular flexibility index (Phi) is 5.68. The van der Waals surface area contributed by atoms with Gasteiger partial charge in [0.05, 0.1) is 0 Å². The number of aromatic nitrogens is 2. The van der Waals surface area contributed by atoms with E-state index in [4.69, 9.17) is 0 Å². The molecule has 0 unspecified atom stereocenters. The van der Waals surface area contributed by atoms with Crippen LogP contribution in [-0.4, -0.2) is 33.9 Å². The van der Waals surface area contributed by atoms with Crippen molar-refractivity contribution in [2.75, 3.05) is 13.1 Å². The van der Waals surface area contributed by atoms with Crippen LogP contribution in [0, 0.1) is 12.8 Å². The zero-order valence-electron chi connectivity index (χ0n) is 14.5. The van der Waals surface area contributed by atoms with Crippen molar-refractivity contribution >= 4 is 5.91 Å². The molecule has 1 aliphatic rings. The normalized spacial score (nSPS) is 15.6. The van der Waals surface area contributed by atoms with Gasteiger partial charge in [-0.15, -0.1) is 0 Å². The van der Waals surface area contributed by atoms with Gasteiger partial charge in [0.15, 0.2) is 0 Å². The molecular weight excluding hydrogens is 298 g/mol. The number of nitrogens with one attached hydrogen (secondary N) is 1. The van der Waals surface area contributed by atoms with Crippen LogP contribution in [0.2, 0.25) is 0 Å². The number of benzene rings is 1. The van der Waals surface area contributed by atoms with Crippen molar-refractivity contribution in [1.82, 2.24) is 14.9 Å². The van der Waals surface area contributed by atoms with Gasteiger partial charge >= 0.3 is 0 Å². The number of carbonyl (C=O) groups excluding carboxylic acids is 1. The van der Waals surface area contributed by atoms with Crippen molar-refractivity contribution in [3.8, 4) is 0 Å². The predicted molar refractivity (Wildman–Crippen MR) is 95.7 cm³/mol. The molecule has 1 fully saturated rings. The highest BCUT2D eigenvalue weighted by atomic mass is 16.2. The highest BCUT2D eigenvalue weighted by molar-refractivity contribution is 5.76. The minimum atomic E-state index is 0.305. The Hall–Kier alpha value is -2.10. The first-order valence-electron chi connectivity index (χ1n) is 9.03. The SMILES string of the molecule is Cc1cnc(CCC2CCN(C(=O)CCc3ccccc3)CC2)[nH]1. The van der Waals surface area contributed by atoms with Crippen LogP contribution < -0.4 is 0 Å². The zero-order chi connectivity index (χ0) is 16.8. The molecule has 0 spiro atoms.